The van der Waals surface area contributed by atoms with Gasteiger partial charge in [0, 0.05) is 28.9 Å². The number of amides is 1. The van der Waals surface area contributed by atoms with Crippen molar-refractivity contribution >= 4 is 40.7 Å². The molecule has 1 aromatic heterocycles. The van der Waals surface area contributed by atoms with E-state index in [1.807, 2.05) is 59.2 Å². The molecule has 0 unspecified atom stereocenters. The maximum atomic E-state index is 12.8. The zero-order valence-electron chi connectivity index (χ0n) is 15.9. The quantitative estimate of drug-likeness (QED) is 0.380. The number of hydrogen-bond acceptors (Lipinski definition) is 2. The molecule has 1 heterocycles. The SMILES string of the molecule is CNC(=O)c1nc(-c2ccccc2)n(-c2cccc(Cl)c2)c1-c1ccc(Cl)c(Cl)c1. The average molecular weight is 457 g/mol. The predicted molar refractivity (Wildman–Crippen MR) is 123 cm³/mol. The molecule has 0 radical (unpaired) electrons. The fourth-order valence-corrected chi connectivity index (χ4v) is 3.74. The summed E-state index contributed by atoms with van der Waals surface area (Å²) in [5.74, 6) is 0.298. The second kappa shape index (κ2) is 8.52. The van der Waals surface area contributed by atoms with E-state index in [9.17, 15) is 4.79 Å². The summed E-state index contributed by atoms with van der Waals surface area (Å²) in [6.45, 7) is 0. The van der Waals surface area contributed by atoms with Gasteiger partial charge in [0.2, 0.25) is 0 Å². The van der Waals surface area contributed by atoms with Gasteiger partial charge >= 0.3 is 0 Å². The molecule has 0 bridgehead atoms. The minimum absolute atomic E-state index is 0.273. The molecule has 0 saturated carbocycles. The molecule has 0 aliphatic heterocycles. The number of nitrogens with zero attached hydrogens (tertiary/aromatic N) is 2. The average Bonchev–Trinajstić information content (AvgIpc) is 3.16. The monoisotopic (exact) mass is 455 g/mol. The first-order valence-corrected chi connectivity index (χ1v) is 10.2. The summed E-state index contributed by atoms with van der Waals surface area (Å²) >= 11 is 18.7. The molecule has 3 aromatic carbocycles. The Morgan fingerprint density at radius 1 is 0.867 bits per heavy atom. The minimum atomic E-state index is -0.311. The number of nitrogens with one attached hydrogen (secondary N) is 1. The molecule has 4 rings (SSSR count). The Hall–Kier alpha value is -2.79. The number of benzene rings is 3. The van der Waals surface area contributed by atoms with Crippen LogP contribution in [0.25, 0.3) is 28.3 Å². The molecule has 150 valence electrons. The molecule has 0 fully saturated rings. The number of aromatic nitrogens is 2. The van der Waals surface area contributed by atoms with Crippen LogP contribution in [0.15, 0.2) is 72.8 Å². The lowest BCUT2D eigenvalue weighted by Crippen LogP contribution is -2.19. The molecule has 0 spiro atoms. The number of imidazole rings is 1. The molecule has 0 aliphatic carbocycles. The molecular weight excluding hydrogens is 441 g/mol. The Labute approximate surface area is 189 Å². The van der Waals surface area contributed by atoms with Gasteiger partial charge in [0.1, 0.15) is 5.82 Å². The van der Waals surface area contributed by atoms with Gasteiger partial charge in [0.15, 0.2) is 5.69 Å². The lowest BCUT2D eigenvalue weighted by Gasteiger charge is -2.14. The zero-order valence-corrected chi connectivity index (χ0v) is 18.1. The van der Waals surface area contributed by atoms with Gasteiger partial charge in [-0.15, -0.1) is 0 Å². The minimum Gasteiger partial charge on any atom is -0.354 e. The molecule has 4 nitrogen and oxygen atoms in total. The fourth-order valence-electron chi connectivity index (χ4n) is 3.25. The van der Waals surface area contributed by atoms with Gasteiger partial charge in [-0.3, -0.25) is 9.36 Å². The second-order valence-corrected chi connectivity index (χ2v) is 7.77. The van der Waals surface area contributed by atoms with Crippen LogP contribution in [0.2, 0.25) is 15.1 Å². The van der Waals surface area contributed by atoms with Gasteiger partial charge in [0.05, 0.1) is 15.7 Å². The van der Waals surface area contributed by atoms with Crippen LogP contribution in [0.3, 0.4) is 0 Å². The molecule has 4 aromatic rings. The third kappa shape index (κ3) is 3.82. The Bertz CT molecular complexity index is 1240. The van der Waals surface area contributed by atoms with Gasteiger partial charge in [-0.1, -0.05) is 77.3 Å². The van der Waals surface area contributed by atoms with Crippen LogP contribution in [-0.4, -0.2) is 22.5 Å². The van der Waals surface area contributed by atoms with Crippen molar-refractivity contribution in [2.24, 2.45) is 0 Å². The van der Waals surface area contributed by atoms with Crippen molar-refractivity contribution in [2.75, 3.05) is 7.05 Å². The van der Waals surface area contributed by atoms with Crippen LogP contribution in [-0.2, 0) is 0 Å². The highest BCUT2D eigenvalue weighted by atomic mass is 35.5. The maximum Gasteiger partial charge on any atom is 0.271 e. The van der Waals surface area contributed by atoms with Crippen molar-refractivity contribution in [1.29, 1.82) is 0 Å². The van der Waals surface area contributed by atoms with Crippen molar-refractivity contribution in [3.05, 3.63) is 93.6 Å². The normalized spacial score (nSPS) is 10.8. The van der Waals surface area contributed by atoms with Crippen molar-refractivity contribution in [2.45, 2.75) is 0 Å². The highest BCUT2D eigenvalue weighted by molar-refractivity contribution is 6.42. The lowest BCUT2D eigenvalue weighted by molar-refractivity contribution is 0.0959. The summed E-state index contributed by atoms with van der Waals surface area (Å²) in [5, 5.41) is 4.06. The predicted octanol–water partition coefficient (Wildman–Crippen LogP) is 6.53. The van der Waals surface area contributed by atoms with Gasteiger partial charge < -0.3 is 5.32 Å². The van der Waals surface area contributed by atoms with Crippen LogP contribution in [0.4, 0.5) is 0 Å². The summed E-state index contributed by atoms with van der Waals surface area (Å²) in [6, 6.07) is 22.3. The van der Waals surface area contributed by atoms with Crippen molar-refractivity contribution in [1.82, 2.24) is 14.9 Å². The van der Waals surface area contributed by atoms with E-state index in [-0.39, 0.29) is 11.6 Å². The van der Waals surface area contributed by atoms with Gasteiger partial charge in [-0.25, -0.2) is 4.98 Å². The van der Waals surface area contributed by atoms with Crippen LogP contribution in [0.1, 0.15) is 10.5 Å². The number of hydrogen-bond donors (Lipinski definition) is 1. The first kappa shape index (κ1) is 20.5. The van der Waals surface area contributed by atoms with Crippen LogP contribution in [0.5, 0.6) is 0 Å². The fraction of sp³-hybridized carbons (Fsp3) is 0.0435. The third-order valence-electron chi connectivity index (χ3n) is 4.61. The number of halogens is 3. The molecule has 0 saturated heterocycles. The first-order chi connectivity index (χ1) is 14.5. The molecule has 0 aliphatic rings. The standard InChI is InChI=1S/C23H16Cl3N3O/c1-27-23(30)20-21(15-10-11-18(25)19(26)12-15)29(17-9-5-8-16(24)13-17)22(28-20)14-6-3-2-4-7-14/h2-13H,1H3,(H,27,30). The van der Waals surface area contributed by atoms with Crippen LogP contribution < -0.4 is 5.32 Å². The van der Waals surface area contributed by atoms with Gasteiger partial charge in [0.25, 0.3) is 5.91 Å². The van der Waals surface area contributed by atoms with Crippen molar-refractivity contribution in [3.63, 3.8) is 0 Å². The Morgan fingerprint density at radius 2 is 1.63 bits per heavy atom. The highest BCUT2D eigenvalue weighted by Crippen LogP contribution is 2.36. The lowest BCUT2D eigenvalue weighted by atomic mass is 10.1. The Kier molecular flexibility index (Phi) is 5.82. The summed E-state index contributed by atoms with van der Waals surface area (Å²) in [6.07, 6.45) is 0. The summed E-state index contributed by atoms with van der Waals surface area (Å²) in [4.78, 5) is 17.5. The molecular formula is C23H16Cl3N3O. The molecule has 1 N–H and O–H groups in total. The van der Waals surface area contributed by atoms with E-state index >= 15 is 0 Å². The number of carbonyl (C=O) groups is 1. The summed E-state index contributed by atoms with van der Waals surface area (Å²) in [5.41, 5.74) is 3.19. The van der Waals surface area contributed by atoms with E-state index in [1.165, 1.54) is 0 Å². The molecule has 30 heavy (non-hydrogen) atoms. The van der Waals surface area contributed by atoms with E-state index < -0.39 is 0 Å². The Balaban J connectivity index is 2.11. The van der Waals surface area contributed by atoms with E-state index in [0.717, 1.165) is 11.3 Å². The zero-order chi connectivity index (χ0) is 21.3. The number of carbonyl (C=O) groups excluding carboxylic acids is 1. The van der Waals surface area contributed by atoms with E-state index in [4.69, 9.17) is 39.8 Å². The topological polar surface area (TPSA) is 46.9 Å². The van der Waals surface area contributed by atoms with Crippen molar-refractivity contribution in [3.8, 4) is 28.3 Å². The summed E-state index contributed by atoms with van der Waals surface area (Å²) in [7, 11) is 1.57. The van der Waals surface area contributed by atoms with E-state index in [2.05, 4.69) is 5.32 Å². The largest absolute Gasteiger partial charge is 0.354 e. The first-order valence-electron chi connectivity index (χ1n) is 9.11. The van der Waals surface area contributed by atoms with E-state index in [1.54, 1.807) is 25.2 Å². The van der Waals surface area contributed by atoms with Crippen LogP contribution in [0, 0.1) is 0 Å². The van der Waals surface area contributed by atoms with Crippen LogP contribution >= 0.6 is 34.8 Å². The maximum absolute atomic E-state index is 12.8. The van der Waals surface area contributed by atoms with Gasteiger partial charge in [-0.05, 0) is 30.3 Å². The van der Waals surface area contributed by atoms with Gasteiger partial charge in [-0.2, -0.15) is 0 Å². The highest BCUT2D eigenvalue weighted by Gasteiger charge is 2.25. The molecule has 7 heteroatoms. The Morgan fingerprint density at radius 3 is 2.30 bits per heavy atom. The number of rotatable bonds is 4. The van der Waals surface area contributed by atoms with Crippen molar-refractivity contribution < 1.29 is 4.79 Å². The molecule has 0 atom stereocenters. The van der Waals surface area contributed by atoms with E-state index in [0.29, 0.717) is 32.1 Å². The smallest absolute Gasteiger partial charge is 0.271 e. The summed E-state index contributed by atoms with van der Waals surface area (Å²) < 4.78 is 1.91. The second-order valence-electron chi connectivity index (χ2n) is 6.52. The third-order valence-corrected chi connectivity index (χ3v) is 5.59. The molecule has 1 amide bonds.